The number of amides is 1. The van der Waals surface area contributed by atoms with Crippen LogP contribution in [0, 0.1) is 5.92 Å². The number of benzene rings is 1. The maximum atomic E-state index is 12.0. The summed E-state index contributed by atoms with van der Waals surface area (Å²) in [6, 6.07) is 19.2. The summed E-state index contributed by atoms with van der Waals surface area (Å²) < 4.78 is 0. The summed E-state index contributed by atoms with van der Waals surface area (Å²) in [5.74, 6) is 0.728. The van der Waals surface area contributed by atoms with Crippen molar-refractivity contribution in [3.05, 3.63) is 102 Å². The van der Waals surface area contributed by atoms with Crippen molar-refractivity contribution in [1.29, 1.82) is 0 Å². The highest BCUT2D eigenvalue weighted by Crippen LogP contribution is 2.33. The quantitative estimate of drug-likeness (QED) is 0.335. The van der Waals surface area contributed by atoms with Crippen LogP contribution < -0.4 is 5.32 Å². The van der Waals surface area contributed by atoms with E-state index >= 15 is 0 Å². The van der Waals surface area contributed by atoms with Gasteiger partial charge in [-0.05, 0) is 79.2 Å². The number of unbranched alkanes of at least 4 members (excludes halogenated alkanes) is 1. The van der Waals surface area contributed by atoms with E-state index in [1.165, 1.54) is 30.4 Å². The molecule has 1 N–H and O–H groups in total. The van der Waals surface area contributed by atoms with Gasteiger partial charge in [0.25, 0.3) is 0 Å². The molecule has 3 heterocycles. The van der Waals surface area contributed by atoms with Crippen LogP contribution >= 0.6 is 0 Å². The molecule has 176 valence electrons. The van der Waals surface area contributed by atoms with Crippen LogP contribution in [0.2, 0.25) is 0 Å². The van der Waals surface area contributed by atoms with Crippen LogP contribution in [0.15, 0.2) is 85.5 Å². The molecule has 1 unspecified atom stereocenters. The average Bonchev–Trinajstić information content (AvgIpc) is 2.90. The normalized spacial score (nSPS) is 15.9. The third-order valence-corrected chi connectivity index (χ3v) is 6.60. The van der Waals surface area contributed by atoms with Crippen molar-refractivity contribution in [2.24, 2.45) is 5.92 Å². The highest BCUT2D eigenvalue weighted by molar-refractivity contribution is 5.91. The fourth-order valence-corrected chi connectivity index (χ4v) is 4.77. The van der Waals surface area contributed by atoms with Crippen molar-refractivity contribution in [1.82, 2.24) is 20.2 Å². The molecule has 4 rings (SSSR count). The van der Waals surface area contributed by atoms with Gasteiger partial charge in [-0.3, -0.25) is 19.7 Å². The van der Waals surface area contributed by atoms with Gasteiger partial charge in [0.2, 0.25) is 5.91 Å². The Balaban J connectivity index is 1.18. The molecule has 0 radical (unpaired) electrons. The largest absolute Gasteiger partial charge is 0.353 e. The lowest BCUT2D eigenvalue weighted by Gasteiger charge is -2.38. The zero-order valence-corrected chi connectivity index (χ0v) is 19.7. The van der Waals surface area contributed by atoms with E-state index in [1.54, 1.807) is 24.5 Å². The number of nitrogens with one attached hydrogen (secondary N) is 1. The van der Waals surface area contributed by atoms with Crippen molar-refractivity contribution >= 4 is 12.0 Å². The second-order valence-electron chi connectivity index (χ2n) is 8.98. The molecule has 34 heavy (non-hydrogen) atoms. The Morgan fingerprint density at radius 2 is 1.71 bits per heavy atom. The molecule has 0 saturated carbocycles. The molecule has 1 aliphatic heterocycles. The topological polar surface area (TPSA) is 58.1 Å². The molecule has 0 spiro atoms. The predicted molar refractivity (Wildman–Crippen MR) is 137 cm³/mol. The molecular weight excluding hydrogens is 420 g/mol. The average molecular weight is 455 g/mol. The van der Waals surface area contributed by atoms with Crippen LogP contribution in [-0.2, 0) is 4.79 Å². The van der Waals surface area contributed by atoms with E-state index in [-0.39, 0.29) is 5.91 Å². The Kier molecular flexibility index (Phi) is 8.98. The maximum absolute atomic E-state index is 12.0. The van der Waals surface area contributed by atoms with Gasteiger partial charge in [-0.15, -0.1) is 0 Å². The van der Waals surface area contributed by atoms with Gasteiger partial charge in [0.15, 0.2) is 0 Å². The fraction of sp³-hybridized carbons (Fsp3) is 0.345. The van der Waals surface area contributed by atoms with Crippen molar-refractivity contribution in [2.45, 2.75) is 38.1 Å². The molecule has 0 aliphatic carbocycles. The minimum atomic E-state index is -0.0415. The summed E-state index contributed by atoms with van der Waals surface area (Å²) in [5.41, 5.74) is 3.59. The third kappa shape index (κ3) is 7.09. The minimum Gasteiger partial charge on any atom is -0.353 e. The highest BCUT2D eigenvalue weighted by atomic mass is 16.1. The highest BCUT2D eigenvalue weighted by Gasteiger charge is 2.27. The second kappa shape index (κ2) is 12.8. The molecular formula is C29H34N4O. The number of rotatable bonds is 10. The summed E-state index contributed by atoms with van der Waals surface area (Å²) in [5, 5.41) is 2.99. The van der Waals surface area contributed by atoms with E-state index in [4.69, 9.17) is 0 Å². The number of nitrogens with zero attached hydrogens (tertiary/aromatic N) is 3. The number of hydrogen-bond acceptors (Lipinski definition) is 4. The molecule has 2 aromatic heterocycles. The number of pyridine rings is 2. The lowest BCUT2D eigenvalue weighted by molar-refractivity contribution is -0.116. The van der Waals surface area contributed by atoms with Gasteiger partial charge < -0.3 is 5.32 Å². The first-order valence-corrected chi connectivity index (χ1v) is 12.3. The molecule has 1 saturated heterocycles. The fourth-order valence-electron chi connectivity index (χ4n) is 4.77. The van der Waals surface area contributed by atoms with Crippen molar-refractivity contribution in [3.8, 4) is 0 Å². The van der Waals surface area contributed by atoms with Gasteiger partial charge in [-0.1, -0.05) is 49.2 Å². The van der Waals surface area contributed by atoms with Crippen molar-refractivity contribution in [2.75, 3.05) is 19.6 Å². The van der Waals surface area contributed by atoms with Crippen LogP contribution in [0.25, 0.3) is 6.08 Å². The Morgan fingerprint density at radius 1 is 0.941 bits per heavy atom. The number of likely N-dealkylation sites (tertiary alicyclic amines) is 1. The molecule has 5 nitrogen and oxygen atoms in total. The molecule has 1 fully saturated rings. The molecule has 1 aliphatic rings. The summed E-state index contributed by atoms with van der Waals surface area (Å²) in [4.78, 5) is 22.9. The second-order valence-corrected chi connectivity index (χ2v) is 8.98. The third-order valence-electron chi connectivity index (χ3n) is 6.60. The molecule has 1 atom stereocenters. The Hall–Kier alpha value is -3.31. The van der Waals surface area contributed by atoms with Gasteiger partial charge in [0.1, 0.15) is 0 Å². The Bertz CT molecular complexity index is 976. The molecule has 1 aromatic carbocycles. The number of hydrogen-bond donors (Lipinski definition) is 1. The van der Waals surface area contributed by atoms with E-state index < -0.39 is 0 Å². The predicted octanol–water partition coefficient (Wildman–Crippen LogP) is 5.28. The monoisotopic (exact) mass is 454 g/mol. The first-order valence-electron chi connectivity index (χ1n) is 12.3. The first kappa shape index (κ1) is 23.8. The van der Waals surface area contributed by atoms with Crippen LogP contribution in [0.3, 0.4) is 0 Å². The maximum Gasteiger partial charge on any atom is 0.243 e. The molecule has 0 bridgehead atoms. The lowest BCUT2D eigenvalue weighted by Crippen LogP contribution is -2.37. The summed E-state index contributed by atoms with van der Waals surface area (Å²) >= 11 is 0. The van der Waals surface area contributed by atoms with Gasteiger partial charge in [-0.2, -0.15) is 0 Å². The van der Waals surface area contributed by atoms with Gasteiger partial charge in [0, 0.05) is 37.4 Å². The Labute approximate surface area is 203 Å². The summed E-state index contributed by atoms with van der Waals surface area (Å²) in [6.07, 6.45) is 16.5. The van der Waals surface area contributed by atoms with Crippen LogP contribution in [0.4, 0.5) is 0 Å². The Morgan fingerprint density at radius 3 is 2.44 bits per heavy atom. The van der Waals surface area contributed by atoms with Crippen LogP contribution in [-0.4, -0.2) is 40.4 Å². The molecule has 3 aromatic rings. The summed E-state index contributed by atoms with van der Waals surface area (Å²) in [7, 11) is 0. The number of carbonyl (C=O) groups is 1. The summed E-state index contributed by atoms with van der Waals surface area (Å²) in [6.45, 7) is 2.96. The standard InChI is InChI=1S/C29H34N4O/c34-28(12-11-25-8-6-17-31-23-25)32-18-5-4-7-24-15-21-33(22-16-24)29(26-9-2-1-3-10-26)27-13-19-30-20-14-27/h1-3,6,8-14,17,19-20,23-24,29H,4-5,7,15-16,18,21-22H2,(H,32,34). The molecule has 5 heteroatoms. The smallest absolute Gasteiger partial charge is 0.243 e. The van der Waals surface area contributed by atoms with E-state index in [2.05, 4.69) is 62.6 Å². The number of carbonyl (C=O) groups excluding carboxylic acids is 1. The zero-order chi connectivity index (χ0) is 23.4. The van der Waals surface area contributed by atoms with E-state index in [9.17, 15) is 4.79 Å². The van der Waals surface area contributed by atoms with E-state index in [0.29, 0.717) is 6.04 Å². The zero-order valence-electron chi connectivity index (χ0n) is 19.7. The van der Waals surface area contributed by atoms with Gasteiger partial charge >= 0.3 is 0 Å². The van der Waals surface area contributed by atoms with Crippen molar-refractivity contribution in [3.63, 3.8) is 0 Å². The van der Waals surface area contributed by atoms with E-state index in [0.717, 1.165) is 44.0 Å². The molecule has 1 amide bonds. The van der Waals surface area contributed by atoms with E-state index in [1.807, 2.05) is 24.5 Å². The van der Waals surface area contributed by atoms with Gasteiger partial charge in [0.05, 0.1) is 6.04 Å². The minimum absolute atomic E-state index is 0.0415. The SMILES string of the molecule is O=C(C=Cc1cccnc1)NCCCCC1CCN(C(c2ccccc2)c2ccncc2)CC1. The lowest BCUT2D eigenvalue weighted by atomic mass is 9.89. The van der Waals surface area contributed by atoms with Crippen molar-refractivity contribution < 1.29 is 4.79 Å². The van der Waals surface area contributed by atoms with Crippen LogP contribution in [0.5, 0.6) is 0 Å². The van der Waals surface area contributed by atoms with Crippen LogP contribution in [0.1, 0.15) is 54.8 Å². The number of aromatic nitrogens is 2. The van der Waals surface area contributed by atoms with Gasteiger partial charge in [-0.25, -0.2) is 0 Å². The first-order chi connectivity index (χ1) is 16.8. The number of piperidine rings is 1.